The number of nitrogens with zero attached hydrogens (tertiary/aromatic N) is 9. The molecule has 0 spiro atoms. The zero-order valence-corrected chi connectivity index (χ0v) is 29.7. The molecule has 0 radical (unpaired) electrons. The summed E-state index contributed by atoms with van der Waals surface area (Å²) in [4.78, 5) is 45.0. The molecule has 0 aromatic carbocycles. The Morgan fingerprint density at radius 1 is 1.00 bits per heavy atom. The molecule has 4 aromatic rings. The van der Waals surface area contributed by atoms with Crippen LogP contribution < -0.4 is 15.1 Å². The van der Waals surface area contributed by atoms with Gasteiger partial charge in [0, 0.05) is 85.8 Å². The van der Waals surface area contributed by atoms with Crippen molar-refractivity contribution in [2.45, 2.75) is 72.9 Å². The Hall–Kier alpha value is -5.25. The highest BCUT2D eigenvalue weighted by molar-refractivity contribution is 5.87. The average Bonchev–Trinajstić information content (AvgIpc) is 3.54. The lowest BCUT2D eigenvalue weighted by Crippen LogP contribution is -2.59. The molecule has 13 heteroatoms. The van der Waals surface area contributed by atoms with Gasteiger partial charge in [-0.3, -0.25) is 4.79 Å². The molecule has 0 saturated carbocycles. The van der Waals surface area contributed by atoms with Crippen LogP contribution in [0.5, 0.6) is 0 Å². The summed E-state index contributed by atoms with van der Waals surface area (Å²) in [5, 5.41) is 27.3. The first-order valence-corrected chi connectivity index (χ1v) is 17.3. The minimum atomic E-state index is -0.910. The molecule has 0 bridgehead atoms. The van der Waals surface area contributed by atoms with Crippen molar-refractivity contribution < 1.29 is 14.7 Å². The van der Waals surface area contributed by atoms with E-state index in [9.17, 15) is 20.0 Å². The molecule has 50 heavy (non-hydrogen) atoms. The van der Waals surface area contributed by atoms with Gasteiger partial charge in [-0.15, -0.1) is 0 Å². The maximum Gasteiger partial charge on any atom is 0.407 e. The van der Waals surface area contributed by atoms with E-state index in [1.54, 1.807) is 23.1 Å². The topological polar surface area (TPSA) is 156 Å². The van der Waals surface area contributed by atoms with Crippen LogP contribution in [-0.4, -0.2) is 91.4 Å². The fourth-order valence-corrected chi connectivity index (χ4v) is 7.20. The number of piperidine rings is 1. The third-order valence-electron chi connectivity index (χ3n) is 10.3. The first kappa shape index (κ1) is 34.6. The Labute approximate surface area is 293 Å². The van der Waals surface area contributed by atoms with E-state index >= 15 is 0 Å². The van der Waals surface area contributed by atoms with E-state index in [2.05, 4.69) is 28.3 Å². The van der Waals surface area contributed by atoms with Gasteiger partial charge in [-0.1, -0.05) is 27.7 Å². The van der Waals surface area contributed by atoms with Crippen molar-refractivity contribution in [1.82, 2.24) is 34.8 Å². The van der Waals surface area contributed by atoms with Gasteiger partial charge < -0.3 is 25.1 Å². The number of rotatable bonds is 7. The number of aromatic nitrogens is 5. The van der Waals surface area contributed by atoms with Gasteiger partial charge in [-0.25, -0.2) is 24.3 Å². The number of fused-ring (bicyclic) bond motifs is 1. The summed E-state index contributed by atoms with van der Waals surface area (Å²) in [5.41, 5.74) is 3.81. The van der Waals surface area contributed by atoms with E-state index in [1.807, 2.05) is 70.1 Å². The molecular formula is C37H46N10O3. The molecule has 2 aliphatic rings. The van der Waals surface area contributed by atoms with Crippen molar-refractivity contribution in [2.24, 2.45) is 10.8 Å². The highest BCUT2D eigenvalue weighted by Gasteiger charge is 2.41. The van der Waals surface area contributed by atoms with E-state index in [0.717, 1.165) is 60.4 Å². The summed E-state index contributed by atoms with van der Waals surface area (Å²) in [6, 6.07) is 8.21. The third kappa shape index (κ3) is 6.66. The van der Waals surface area contributed by atoms with Gasteiger partial charge in [-0.2, -0.15) is 10.4 Å². The molecule has 2 aliphatic heterocycles. The molecule has 1 unspecified atom stereocenters. The minimum Gasteiger partial charge on any atom is -0.465 e. The Morgan fingerprint density at radius 3 is 2.28 bits per heavy atom. The monoisotopic (exact) mass is 678 g/mol. The maximum absolute atomic E-state index is 13.0. The fraction of sp³-hybridized carbons (Fsp3) is 0.486. The SMILES string of the molecule is CCC1(C(=O)NC(C)C)CCN(c2ccc(-c3cc(-c4cnc(N5CCN(C(=O)O)C(C(C)(C)C)C5)nc4)cn4ncc(C#N)c34)cn2)CC1. The number of nitriles is 1. The predicted octanol–water partition coefficient (Wildman–Crippen LogP) is 5.46. The van der Waals surface area contributed by atoms with Crippen molar-refractivity contribution in [3.05, 3.63) is 54.7 Å². The van der Waals surface area contributed by atoms with E-state index in [-0.39, 0.29) is 28.8 Å². The van der Waals surface area contributed by atoms with Crippen LogP contribution in [-0.2, 0) is 4.79 Å². The zero-order valence-electron chi connectivity index (χ0n) is 29.7. The van der Waals surface area contributed by atoms with Crippen molar-refractivity contribution in [2.75, 3.05) is 42.5 Å². The molecule has 2 saturated heterocycles. The fourth-order valence-electron chi connectivity index (χ4n) is 7.20. The number of amides is 2. The van der Waals surface area contributed by atoms with Crippen LogP contribution in [0.15, 0.2) is 49.2 Å². The number of carboxylic acid groups (broad SMARTS) is 1. The first-order chi connectivity index (χ1) is 23.8. The van der Waals surface area contributed by atoms with Crippen LogP contribution in [0, 0.1) is 22.2 Å². The number of carbonyl (C=O) groups excluding carboxylic acids is 1. The quantitative estimate of drug-likeness (QED) is 0.257. The lowest BCUT2D eigenvalue weighted by atomic mass is 9.75. The van der Waals surface area contributed by atoms with Crippen LogP contribution in [0.3, 0.4) is 0 Å². The lowest BCUT2D eigenvalue weighted by Gasteiger charge is -2.45. The first-order valence-electron chi connectivity index (χ1n) is 17.3. The molecule has 13 nitrogen and oxygen atoms in total. The largest absolute Gasteiger partial charge is 0.465 e. The summed E-state index contributed by atoms with van der Waals surface area (Å²) in [5.74, 6) is 1.55. The number of anilines is 2. The smallest absolute Gasteiger partial charge is 0.407 e. The Balaban J connectivity index is 1.24. The third-order valence-corrected chi connectivity index (χ3v) is 10.3. The molecule has 0 aliphatic carbocycles. The van der Waals surface area contributed by atoms with Gasteiger partial charge in [0.2, 0.25) is 11.9 Å². The van der Waals surface area contributed by atoms with Gasteiger partial charge in [0.15, 0.2) is 0 Å². The summed E-state index contributed by atoms with van der Waals surface area (Å²) < 4.78 is 1.71. The highest BCUT2D eigenvalue weighted by Crippen LogP contribution is 2.38. The molecule has 2 N–H and O–H groups in total. The van der Waals surface area contributed by atoms with Gasteiger partial charge in [0.25, 0.3) is 0 Å². The average molecular weight is 679 g/mol. The summed E-state index contributed by atoms with van der Waals surface area (Å²) in [7, 11) is 0. The van der Waals surface area contributed by atoms with E-state index < -0.39 is 6.09 Å². The number of hydrogen-bond acceptors (Lipinski definition) is 9. The van der Waals surface area contributed by atoms with Crippen LogP contribution in [0.4, 0.5) is 16.6 Å². The second-order valence-corrected chi connectivity index (χ2v) is 14.8. The maximum atomic E-state index is 13.0. The van der Waals surface area contributed by atoms with Crippen molar-refractivity contribution in [3.8, 4) is 28.3 Å². The Bertz CT molecular complexity index is 1900. The Kier molecular flexibility index (Phi) is 9.39. The van der Waals surface area contributed by atoms with E-state index in [0.29, 0.717) is 36.7 Å². The number of nitrogens with one attached hydrogen (secondary N) is 1. The Morgan fingerprint density at radius 2 is 1.70 bits per heavy atom. The molecular weight excluding hydrogens is 632 g/mol. The van der Waals surface area contributed by atoms with Crippen molar-refractivity contribution >= 4 is 29.3 Å². The lowest BCUT2D eigenvalue weighted by molar-refractivity contribution is -0.133. The number of carbonyl (C=O) groups is 2. The van der Waals surface area contributed by atoms with Crippen LogP contribution in [0.2, 0.25) is 0 Å². The standard InChI is InChI=1S/C37H46N10O3/c1-7-37(33(48)43-24(2)3)10-12-44(13-11-37)31-9-8-25(18-39-31)29-16-26(22-47-32(29)27(17-38)21-42-47)28-19-40-34(41-20-28)45-14-15-46(35(49)50)30(23-45)36(4,5)6/h8-9,16,18-22,24,30H,7,10-15,23H2,1-6H3,(H,43,48)(H,49,50). The highest BCUT2D eigenvalue weighted by atomic mass is 16.4. The second kappa shape index (κ2) is 13.6. The molecule has 6 heterocycles. The zero-order chi connectivity index (χ0) is 35.8. The van der Waals surface area contributed by atoms with Gasteiger partial charge in [-0.05, 0) is 56.7 Å². The molecule has 2 amide bonds. The number of pyridine rings is 2. The van der Waals surface area contributed by atoms with E-state index in [4.69, 9.17) is 15.0 Å². The van der Waals surface area contributed by atoms with E-state index in [1.165, 1.54) is 4.90 Å². The van der Waals surface area contributed by atoms with Crippen molar-refractivity contribution in [3.63, 3.8) is 0 Å². The molecule has 262 valence electrons. The van der Waals surface area contributed by atoms with Crippen LogP contribution >= 0.6 is 0 Å². The van der Waals surface area contributed by atoms with Crippen LogP contribution in [0.1, 0.15) is 66.4 Å². The predicted molar refractivity (Wildman–Crippen MR) is 192 cm³/mol. The van der Waals surface area contributed by atoms with Gasteiger partial charge in [0.1, 0.15) is 11.9 Å². The second-order valence-electron chi connectivity index (χ2n) is 14.8. The molecule has 6 rings (SSSR count). The van der Waals surface area contributed by atoms with Crippen LogP contribution in [0.25, 0.3) is 27.8 Å². The molecule has 2 fully saturated rings. The minimum absolute atomic E-state index is 0.113. The normalized spacial score (nSPS) is 18.0. The summed E-state index contributed by atoms with van der Waals surface area (Å²) in [6.45, 7) is 15.1. The molecule has 4 aromatic heterocycles. The van der Waals surface area contributed by atoms with Gasteiger partial charge in [0.05, 0.1) is 28.7 Å². The van der Waals surface area contributed by atoms with Crippen molar-refractivity contribution in [1.29, 1.82) is 5.26 Å². The summed E-state index contributed by atoms with van der Waals surface area (Å²) >= 11 is 0. The number of piperazine rings is 1. The van der Waals surface area contributed by atoms with Gasteiger partial charge >= 0.3 is 6.09 Å². The number of hydrogen-bond donors (Lipinski definition) is 2. The summed E-state index contributed by atoms with van der Waals surface area (Å²) in [6.07, 6.45) is 10.2. The molecule has 1 atom stereocenters.